The molecule has 1 unspecified atom stereocenters. The molecule has 0 spiro atoms. The molecule has 0 radical (unpaired) electrons. The standard InChI is InChI=1S/C18H20N4O/c19-8-15-5-6-18(20-9-15)23-17-12-21(10-14-3-4-14)11-16-2-1-7-22(16)13-17/h1-2,5-7,9,14,17H,3-4,10-13H2. The van der Waals surface area contributed by atoms with Crippen LogP contribution in [0.4, 0.5) is 0 Å². The van der Waals surface area contributed by atoms with Crippen molar-refractivity contribution >= 4 is 0 Å². The van der Waals surface area contributed by atoms with E-state index in [4.69, 9.17) is 10.00 Å². The Morgan fingerprint density at radius 1 is 1.26 bits per heavy atom. The number of ether oxygens (including phenoxy) is 1. The van der Waals surface area contributed by atoms with Crippen LogP contribution in [0.2, 0.25) is 0 Å². The van der Waals surface area contributed by atoms with Gasteiger partial charge in [0.15, 0.2) is 0 Å². The summed E-state index contributed by atoms with van der Waals surface area (Å²) in [7, 11) is 0. The van der Waals surface area contributed by atoms with E-state index in [1.807, 2.05) is 0 Å². The van der Waals surface area contributed by atoms with E-state index >= 15 is 0 Å². The van der Waals surface area contributed by atoms with Crippen LogP contribution in [-0.2, 0) is 13.1 Å². The molecule has 1 fully saturated rings. The SMILES string of the molecule is N#Cc1ccc(OC2CN(CC3CC3)Cc3cccn3C2)nc1. The molecule has 0 saturated heterocycles. The van der Waals surface area contributed by atoms with Crippen molar-refractivity contribution in [2.45, 2.75) is 32.0 Å². The second kappa shape index (κ2) is 6.05. The normalized spacial score (nSPS) is 21.3. The molecule has 2 aliphatic rings. The van der Waals surface area contributed by atoms with Crippen molar-refractivity contribution in [2.24, 2.45) is 5.92 Å². The second-order valence-electron chi connectivity index (χ2n) is 6.53. The third-order valence-corrected chi connectivity index (χ3v) is 4.54. The number of hydrogen-bond acceptors (Lipinski definition) is 4. The highest BCUT2D eigenvalue weighted by molar-refractivity contribution is 5.28. The summed E-state index contributed by atoms with van der Waals surface area (Å²) < 4.78 is 8.39. The lowest BCUT2D eigenvalue weighted by Gasteiger charge is -2.24. The second-order valence-corrected chi connectivity index (χ2v) is 6.53. The molecule has 23 heavy (non-hydrogen) atoms. The Hall–Kier alpha value is -2.32. The van der Waals surface area contributed by atoms with Gasteiger partial charge in [0.1, 0.15) is 12.2 Å². The number of nitriles is 1. The molecular weight excluding hydrogens is 288 g/mol. The summed E-state index contributed by atoms with van der Waals surface area (Å²) in [6.45, 7) is 3.90. The van der Waals surface area contributed by atoms with Crippen LogP contribution in [-0.4, -0.2) is 33.6 Å². The van der Waals surface area contributed by atoms with Crippen LogP contribution in [0.3, 0.4) is 0 Å². The number of pyridine rings is 1. The fourth-order valence-electron chi connectivity index (χ4n) is 3.20. The summed E-state index contributed by atoms with van der Waals surface area (Å²) in [5.41, 5.74) is 1.91. The molecule has 0 N–H and O–H groups in total. The summed E-state index contributed by atoms with van der Waals surface area (Å²) in [5, 5.41) is 8.86. The lowest BCUT2D eigenvalue weighted by molar-refractivity contribution is 0.120. The number of hydrogen-bond donors (Lipinski definition) is 0. The van der Waals surface area contributed by atoms with E-state index in [1.165, 1.54) is 18.5 Å². The minimum atomic E-state index is 0.0721. The molecule has 1 saturated carbocycles. The van der Waals surface area contributed by atoms with Gasteiger partial charge in [-0.2, -0.15) is 5.26 Å². The number of rotatable bonds is 4. The van der Waals surface area contributed by atoms with Crippen LogP contribution in [0.15, 0.2) is 36.7 Å². The van der Waals surface area contributed by atoms with Gasteiger partial charge in [-0.05, 0) is 37.0 Å². The van der Waals surface area contributed by atoms with Gasteiger partial charge in [0.05, 0.1) is 12.1 Å². The molecule has 1 aliphatic heterocycles. The highest BCUT2D eigenvalue weighted by atomic mass is 16.5. The third kappa shape index (κ3) is 3.38. The molecule has 1 aliphatic carbocycles. The minimum absolute atomic E-state index is 0.0721. The van der Waals surface area contributed by atoms with Crippen molar-refractivity contribution in [3.63, 3.8) is 0 Å². The fourth-order valence-corrected chi connectivity index (χ4v) is 3.20. The smallest absolute Gasteiger partial charge is 0.213 e. The van der Waals surface area contributed by atoms with Crippen molar-refractivity contribution < 1.29 is 4.74 Å². The zero-order valence-corrected chi connectivity index (χ0v) is 13.1. The van der Waals surface area contributed by atoms with E-state index < -0.39 is 0 Å². The first-order valence-electron chi connectivity index (χ1n) is 8.19. The third-order valence-electron chi connectivity index (χ3n) is 4.54. The molecule has 0 amide bonds. The zero-order chi connectivity index (χ0) is 15.6. The molecule has 118 valence electrons. The topological polar surface area (TPSA) is 54.1 Å². The largest absolute Gasteiger partial charge is 0.471 e. The van der Waals surface area contributed by atoms with Gasteiger partial charge < -0.3 is 9.30 Å². The van der Waals surface area contributed by atoms with Crippen LogP contribution < -0.4 is 4.74 Å². The van der Waals surface area contributed by atoms with Gasteiger partial charge in [-0.25, -0.2) is 4.98 Å². The predicted molar refractivity (Wildman–Crippen MR) is 85.8 cm³/mol. The summed E-state index contributed by atoms with van der Waals surface area (Å²) in [4.78, 5) is 6.75. The molecule has 1 atom stereocenters. The first-order chi connectivity index (χ1) is 11.3. The van der Waals surface area contributed by atoms with Crippen molar-refractivity contribution in [3.05, 3.63) is 47.9 Å². The van der Waals surface area contributed by atoms with Crippen LogP contribution in [0, 0.1) is 17.2 Å². The quantitative estimate of drug-likeness (QED) is 0.870. The number of nitrogens with zero attached hydrogens (tertiary/aromatic N) is 4. The number of fused-ring (bicyclic) bond motifs is 1. The van der Waals surface area contributed by atoms with E-state index in [0.29, 0.717) is 11.4 Å². The molecule has 5 nitrogen and oxygen atoms in total. The molecule has 3 heterocycles. The fraction of sp³-hybridized carbons (Fsp3) is 0.444. The summed E-state index contributed by atoms with van der Waals surface area (Å²) in [5.74, 6) is 1.46. The van der Waals surface area contributed by atoms with Crippen molar-refractivity contribution in [1.29, 1.82) is 5.26 Å². The van der Waals surface area contributed by atoms with Crippen molar-refractivity contribution in [3.8, 4) is 11.9 Å². The van der Waals surface area contributed by atoms with Crippen LogP contribution >= 0.6 is 0 Å². The van der Waals surface area contributed by atoms with Crippen LogP contribution in [0.5, 0.6) is 5.88 Å². The van der Waals surface area contributed by atoms with Gasteiger partial charge in [-0.1, -0.05) is 0 Å². The van der Waals surface area contributed by atoms with E-state index in [1.54, 1.807) is 18.3 Å². The Morgan fingerprint density at radius 3 is 2.91 bits per heavy atom. The minimum Gasteiger partial charge on any atom is -0.471 e. The number of aromatic nitrogens is 2. The molecular formula is C18H20N4O. The first-order valence-corrected chi connectivity index (χ1v) is 8.19. The van der Waals surface area contributed by atoms with Gasteiger partial charge in [0, 0.05) is 43.8 Å². The van der Waals surface area contributed by atoms with Gasteiger partial charge >= 0.3 is 0 Å². The zero-order valence-electron chi connectivity index (χ0n) is 13.1. The van der Waals surface area contributed by atoms with Gasteiger partial charge in [-0.15, -0.1) is 0 Å². The Labute approximate surface area is 136 Å². The van der Waals surface area contributed by atoms with Gasteiger partial charge in [0.25, 0.3) is 0 Å². The monoisotopic (exact) mass is 308 g/mol. The van der Waals surface area contributed by atoms with Crippen molar-refractivity contribution in [2.75, 3.05) is 13.1 Å². The molecule has 4 rings (SSSR count). The molecule has 0 bridgehead atoms. The highest BCUT2D eigenvalue weighted by Gasteiger charge is 2.29. The maximum Gasteiger partial charge on any atom is 0.213 e. The van der Waals surface area contributed by atoms with Crippen molar-refractivity contribution in [1.82, 2.24) is 14.5 Å². The predicted octanol–water partition coefficient (Wildman–Crippen LogP) is 2.43. The van der Waals surface area contributed by atoms with E-state index in [2.05, 4.69) is 38.8 Å². The van der Waals surface area contributed by atoms with Crippen LogP contribution in [0.25, 0.3) is 0 Å². The lowest BCUT2D eigenvalue weighted by atomic mass is 10.3. The first kappa shape index (κ1) is 14.3. The Kier molecular flexibility index (Phi) is 3.76. The maximum atomic E-state index is 8.86. The van der Waals surface area contributed by atoms with E-state index in [0.717, 1.165) is 32.1 Å². The molecule has 0 aromatic carbocycles. The highest BCUT2D eigenvalue weighted by Crippen LogP contribution is 2.31. The summed E-state index contributed by atoms with van der Waals surface area (Å²) in [6.07, 6.45) is 6.48. The molecule has 5 heteroatoms. The van der Waals surface area contributed by atoms with Crippen LogP contribution in [0.1, 0.15) is 24.1 Å². The maximum absolute atomic E-state index is 8.86. The average Bonchev–Trinajstić information content (AvgIpc) is 3.30. The Balaban J connectivity index is 1.50. The Morgan fingerprint density at radius 2 is 2.17 bits per heavy atom. The lowest BCUT2D eigenvalue weighted by Crippen LogP contribution is -2.36. The molecule has 2 aromatic rings. The van der Waals surface area contributed by atoms with Gasteiger partial charge in [0.2, 0.25) is 5.88 Å². The Bertz CT molecular complexity index is 711. The van der Waals surface area contributed by atoms with E-state index in [-0.39, 0.29) is 6.10 Å². The summed E-state index contributed by atoms with van der Waals surface area (Å²) >= 11 is 0. The average molecular weight is 308 g/mol. The van der Waals surface area contributed by atoms with E-state index in [9.17, 15) is 0 Å². The van der Waals surface area contributed by atoms with Gasteiger partial charge in [-0.3, -0.25) is 4.90 Å². The molecule has 2 aromatic heterocycles. The summed E-state index contributed by atoms with van der Waals surface area (Å²) in [6, 6.07) is 9.92.